The number of carbonyl (C=O) groups is 5. The molecule has 0 saturated carbocycles. The highest BCUT2D eigenvalue weighted by molar-refractivity contribution is 7.22. The molecule has 7 heterocycles. The van der Waals surface area contributed by atoms with Crippen molar-refractivity contribution in [3.63, 3.8) is 0 Å². The molecule has 3 aromatic heterocycles. The lowest BCUT2D eigenvalue weighted by atomic mass is 9.92. The van der Waals surface area contributed by atoms with Gasteiger partial charge in [0.15, 0.2) is 10.8 Å². The van der Waals surface area contributed by atoms with Crippen molar-refractivity contribution in [3.05, 3.63) is 125 Å². The summed E-state index contributed by atoms with van der Waals surface area (Å²) in [6.45, 7) is 3.81. The van der Waals surface area contributed by atoms with Crippen molar-refractivity contribution in [1.29, 1.82) is 0 Å². The molecule has 17 nitrogen and oxygen atoms in total. The van der Waals surface area contributed by atoms with Crippen molar-refractivity contribution in [2.24, 2.45) is 7.05 Å². The number of imide groups is 1. The lowest BCUT2D eigenvalue weighted by molar-refractivity contribution is -0.134. The Hall–Kier alpha value is -7.54. The van der Waals surface area contributed by atoms with Gasteiger partial charge in [-0.05, 0) is 110 Å². The number of pyridine rings is 1. The van der Waals surface area contributed by atoms with E-state index in [0.29, 0.717) is 83.9 Å². The second-order valence-corrected chi connectivity index (χ2v) is 20.0. The highest BCUT2D eigenvalue weighted by atomic mass is 32.1. The number of nitrogens with one attached hydrogen (secondary N) is 3. The summed E-state index contributed by atoms with van der Waals surface area (Å²) < 4.78 is 15.3. The molecule has 4 aliphatic rings. The fourth-order valence-corrected chi connectivity index (χ4v) is 12.0. The van der Waals surface area contributed by atoms with E-state index in [0.717, 1.165) is 63.5 Å². The second kappa shape index (κ2) is 19.6. The van der Waals surface area contributed by atoms with E-state index in [-0.39, 0.29) is 60.5 Å². The van der Waals surface area contributed by atoms with E-state index in [2.05, 4.69) is 30.9 Å². The quantitative estimate of drug-likeness (QED) is 0.0612. The number of piperidine rings is 2. The number of aromatic nitrogens is 4. The Morgan fingerprint density at radius 2 is 1.67 bits per heavy atom. The molecule has 0 spiro atoms. The number of nitrogens with zero attached hydrogens (tertiary/aromatic N) is 6. The van der Waals surface area contributed by atoms with Gasteiger partial charge in [-0.1, -0.05) is 59.9 Å². The number of hydrogen-bond donors (Lipinski definition) is 4. The zero-order valence-electron chi connectivity index (χ0n) is 39.9. The Bertz CT molecular complexity index is 3270. The van der Waals surface area contributed by atoms with Crippen molar-refractivity contribution < 1.29 is 38.6 Å². The number of thiazole rings is 1. The van der Waals surface area contributed by atoms with Crippen LogP contribution in [0.4, 0.5) is 16.6 Å². The maximum atomic E-state index is 13.7. The van der Waals surface area contributed by atoms with Crippen molar-refractivity contribution in [2.45, 2.75) is 82.5 Å². The molecule has 7 aromatic rings. The van der Waals surface area contributed by atoms with Gasteiger partial charge >= 0.3 is 5.97 Å². The molecule has 0 aliphatic carbocycles. The van der Waals surface area contributed by atoms with Crippen LogP contribution in [0, 0.1) is 6.92 Å². The van der Waals surface area contributed by atoms with Crippen LogP contribution in [0.5, 0.6) is 5.75 Å². The Kier molecular flexibility index (Phi) is 12.7. The number of aryl methyl sites for hydroxylation is 1. The number of amides is 4. The average molecular weight is 988 g/mol. The number of rotatable bonds is 14. The van der Waals surface area contributed by atoms with Crippen LogP contribution in [0.2, 0.25) is 0 Å². The third kappa shape index (κ3) is 9.16. The number of fused-ring (bicyclic) bond motifs is 5. The minimum atomic E-state index is -1.15. The molecule has 3 saturated heterocycles. The molecule has 11 rings (SSSR count). The van der Waals surface area contributed by atoms with E-state index >= 15 is 0 Å². The van der Waals surface area contributed by atoms with Crippen LogP contribution in [-0.2, 0) is 39.1 Å². The van der Waals surface area contributed by atoms with Crippen LogP contribution in [-0.4, -0.2) is 104 Å². The lowest BCUT2D eigenvalue weighted by Gasteiger charge is -2.38. The summed E-state index contributed by atoms with van der Waals surface area (Å²) in [5.41, 5.74) is 7.12. The SMILES string of the molecule is Cc1c(OCCOC2C[C@H]3CC[C@@H](C2)N3CC(=O)Nc2cccc3c(C4CCC(=O)NC4=O)nn(C)c23)cccc1-c1ccc(N2CCc3cccc(C(=O)Nc4nc5ccccc5s4)c3C2)nc1C(=O)O. The van der Waals surface area contributed by atoms with Gasteiger partial charge in [-0.15, -0.1) is 0 Å². The standard InChI is InChI=1S/C54H53N9O8S/c1-30-35(36-18-20-45(57-49(36)53(68)69)62-23-22-31-8-5-10-37(40(31)28-62)51(66)59-54-56-41-12-3-4-15-44(41)72-54)9-7-14-43(30)71-25-24-70-34-26-32-16-17-33(27-34)63(32)29-47(65)55-42-13-6-11-38-48(60-61(2)50(38)42)39-19-21-46(64)58-52(39)67/h3-15,18,20,32-34,39H,16-17,19,21-29H2,1-2H3,(H,55,65)(H,68,69)(H,56,59,66)(H,58,64,67)/t32-,33+,34?,39?. The summed E-state index contributed by atoms with van der Waals surface area (Å²) in [4.78, 5) is 78.2. The lowest BCUT2D eigenvalue weighted by Crippen LogP contribution is -2.48. The molecule has 2 bridgehead atoms. The van der Waals surface area contributed by atoms with Gasteiger partial charge in [0, 0.05) is 55.2 Å². The molecular formula is C54H53N9O8S. The highest BCUT2D eigenvalue weighted by Crippen LogP contribution is 2.39. The van der Waals surface area contributed by atoms with E-state index in [1.807, 2.05) is 96.8 Å². The van der Waals surface area contributed by atoms with Crippen LogP contribution in [0.1, 0.15) is 87.7 Å². The minimum Gasteiger partial charge on any atom is -0.491 e. The van der Waals surface area contributed by atoms with Gasteiger partial charge in [-0.3, -0.25) is 39.4 Å². The predicted octanol–water partition coefficient (Wildman–Crippen LogP) is 7.62. The first-order valence-electron chi connectivity index (χ1n) is 24.4. The molecule has 2 unspecified atom stereocenters. The molecule has 4 N–H and O–H groups in total. The van der Waals surface area contributed by atoms with Gasteiger partial charge in [0.05, 0.1) is 52.3 Å². The molecule has 4 aromatic carbocycles. The van der Waals surface area contributed by atoms with Gasteiger partial charge < -0.3 is 24.8 Å². The highest BCUT2D eigenvalue weighted by Gasteiger charge is 2.42. The summed E-state index contributed by atoms with van der Waals surface area (Å²) in [5, 5.41) is 25.0. The first-order valence-corrected chi connectivity index (χ1v) is 25.2. The van der Waals surface area contributed by atoms with E-state index in [1.54, 1.807) is 17.8 Å². The van der Waals surface area contributed by atoms with Crippen molar-refractivity contribution >= 4 is 78.7 Å². The Morgan fingerprint density at radius 1 is 0.861 bits per heavy atom. The average Bonchev–Trinajstić information content (AvgIpc) is 4.01. The van der Waals surface area contributed by atoms with E-state index in [9.17, 15) is 29.1 Å². The van der Waals surface area contributed by atoms with Crippen LogP contribution in [0.25, 0.3) is 32.2 Å². The normalized spacial score (nSPS) is 19.8. The third-order valence-electron chi connectivity index (χ3n) is 14.6. The minimum absolute atomic E-state index is 0.0241. The molecule has 4 atom stereocenters. The number of hydrogen-bond acceptors (Lipinski definition) is 13. The predicted molar refractivity (Wildman–Crippen MR) is 273 cm³/mol. The fraction of sp³-hybridized carbons (Fsp3) is 0.333. The topological polar surface area (TPSA) is 210 Å². The smallest absolute Gasteiger partial charge is 0.355 e. The number of ether oxygens (including phenoxy) is 2. The molecule has 4 amide bonds. The van der Waals surface area contributed by atoms with Gasteiger partial charge in [0.1, 0.15) is 18.2 Å². The maximum absolute atomic E-state index is 13.7. The van der Waals surface area contributed by atoms with E-state index in [4.69, 9.17) is 14.5 Å². The zero-order chi connectivity index (χ0) is 49.6. The van der Waals surface area contributed by atoms with Gasteiger partial charge in [-0.2, -0.15) is 5.10 Å². The van der Waals surface area contributed by atoms with Crippen molar-refractivity contribution in [2.75, 3.05) is 41.8 Å². The summed E-state index contributed by atoms with van der Waals surface area (Å²) in [5.74, 6) is -1.56. The second-order valence-electron chi connectivity index (χ2n) is 19.0. The third-order valence-corrected chi connectivity index (χ3v) is 15.6. The largest absolute Gasteiger partial charge is 0.491 e. The molecule has 3 fully saturated rings. The monoisotopic (exact) mass is 987 g/mol. The molecule has 368 valence electrons. The first kappa shape index (κ1) is 46.8. The Balaban J connectivity index is 0.693. The van der Waals surface area contributed by atoms with Gasteiger partial charge in [0.25, 0.3) is 5.91 Å². The molecule has 18 heteroatoms. The summed E-state index contributed by atoms with van der Waals surface area (Å²) >= 11 is 1.42. The van der Waals surface area contributed by atoms with E-state index in [1.165, 1.54) is 11.3 Å². The van der Waals surface area contributed by atoms with Crippen molar-refractivity contribution in [3.8, 4) is 16.9 Å². The number of carboxylic acid groups (broad SMARTS) is 1. The zero-order valence-corrected chi connectivity index (χ0v) is 40.7. The fourth-order valence-electron chi connectivity index (χ4n) is 11.2. The summed E-state index contributed by atoms with van der Waals surface area (Å²) in [6.07, 6.45) is 4.91. The Morgan fingerprint density at radius 3 is 2.47 bits per heavy atom. The summed E-state index contributed by atoms with van der Waals surface area (Å²) in [6, 6.07) is 28.7. The van der Waals surface area contributed by atoms with Crippen LogP contribution >= 0.6 is 11.3 Å². The van der Waals surface area contributed by atoms with E-state index < -0.39 is 11.9 Å². The summed E-state index contributed by atoms with van der Waals surface area (Å²) in [7, 11) is 1.79. The van der Waals surface area contributed by atoms with Crippen LogP contribution in [0.15, 0.2) is 91.0 Å². The van der Waals surface area contributed by atoms with Crippen molar-refractivity contribution in [1.82, 2.24) is 30.0 Å². The van der Waals surface area contributed by atoms with Gasteiger partial charge in [0.2, 0.25) is 17.7 Å². The van der Waals surface area contributed by atoms with Crippen LogP contribution < -0.4 is 25.6 Å². The first-order chi connectivity index (χ1) is 34.9. The molecule has 0 radical (unpaired) electrons. The number of carboxylic acids is 1. The molecule has 4 aliphatic heterocycles. The number of anilines is 3. The Labute approximate surface area is 418 Å². The van der Waals surface area contributed by atoms with Crippen LogP contribution in [0.3, 0.4) is 0 Å². The molecular weight excluding hydrogens is 935 g/mol. The maximum Gasteiger partial charge on any atom is 0.355 e. The number of carbonyl (C=O) groups excluding carboxylic acids is 4. The van der Waals surface area contributed by atoms with Gasteiger partial charge in [-0.25, -0.2) is 14.8 Å². The molecule has 72 heavy (non-hydrogen) atoms. The number of aromatic carboxylic acids is 1. The number of para-hydroxylation sites is 2. The number of benzene rings is 4.